The van der Waals surface area contributed by atoms with Gasteiger partial charge in [0.15, 0.2) is 0 Å². The number of rotatable bonds is 3. The molecule has 2 aromatic rings. The highest BCUT2D eigenvalue weighted by Gasteiger charge is 2.12. The van der Waals surface area contributed by atoms with Gasteiger partial charge >= 0.3 is 0 Å². The van der Waals surface area contributed by atoms with Crippen LogP contribution in [0.1, 0.15) is 24.2 Å². The SMILES string of the molecule is N#Cc1cccc2[nH]c(CCN3CCCC3)nc12. The van der Waals surface area contributed by atoms with Gasteiger partial charge in [0.1, 0.15) is 17.4 Å². The average Bonchev–Trinajstić information content (AvgIpc) is 3.04. The van der Waals surface area contributed by atoms with Crippen LogP contribution >= 0.6 is 0 Å². The molecule has 18 heavy (non-hydrogen) atoms. The number of benzene rings is 1. The molecule has 0 spiro atoms. The van der Waals surface area contributed by atoms with Crippen molar-refractivity contribution in [3.8, 4) is 6.07 Å². The van der Waals surface area contributed by atoms with Gasteiger partial charge in [0, 0.05) is 13.0 Å². The first-order valence-corrected chi connectivity index (χ1v) is 6.47. The molecule has 4 nitrogen and oxygen atoms in total. The van der Waals surface area contributed by atoms with E-state index in [1.165, 1.54) is 25.9 Å². The van der Waals surface area contributed by atoms with E-state index in [4.69, 9.17) is 5.26 Å². The molecule has 92 valence electrons. The Morgan fingerprint density at radius 3 is 2.94 bits per heavy atom. The van der Waals surface area contributed by atoms with Crippen LogP contribution in [0.15, 0.2) is 18.2 Å². The third-order valence-electron chi connectivity index (χ3n) is 3.55. The molecule has 1 aliphatic rings. The van der Waals surface area contributed by atoms with Gasteiger partial charge < -0.3 is 9.88 Å². The largest absolute Gasteiger partial charge is 0.342 e. The summed E-state index contributed by atoms with van der Waals surface area (Å²) in [5, 5.41) is 9.04. The maximum atomic E-state index is 9.04. The fraction of sp³-hybridized carbons (Fsp3) is 0.429. The molecular formula is C14H16N4. The predicted octanol–water partition coefficient (Wildman–Crippen LogP) is 2.07. The van der Waals surface area contributed by atoms with Gasteiger partial charge in [-0.2, -0.15) is 5.26 Å². The van der Waals surface area contributed by atoms with Gasteiger partial charge in [-0.3, -0.25) is 0 Å². The molecule has 1 saturated heterocycles. The zero-order valence-corrected chi connectivity index (χ0v) is 10.3. The smallest absolute Gasteiger partial charge is 0.108 e. The number of imidazole rings is 1. The Kier molecular flexibility index (Phi) is 2.99. The summed E-state index contributed by atoms with van der Waals surface area (Å²) in [6.07, 6.45) is 3.57. The minimum atomic E-state index is 0.649. The minimum absolute atomic E-state index is 0.649. The first-order valence-electron chi connectivity index (χ1n) is 6.47. The molecule has 1 aliphatic heterocycles. The molecule has 0 atom stereocenters. The lowest BCUT2D eigenvalue weighted by molar-refractivity contribution is 0.341. The van der Waals surface area contributed by atoms with E-state index >= 15 is 0 Å². The van der Waals surface area contributed by atoms with Crippen molar-refractivity contribution in [1.82, 2.24) is 14.9 Å². The standard InChI is InChI=1S/C14H16N4/c15-10-11-4-3-5-12-14(11)17-13(16-12)6-9-18-7-1-2-8-18/h3-5H,1-2,6-9H2,(H,16,17). The summed E-state index contributed by atoms with van der Waals surface area (Å²) in [7, 11) is 0. The molecule has 4 heteroatoms. The first kappa shape index (κ1) is 11.2. The Hall–Kier alpha value is -1.86. The third-order valence-corrected chi connectivity index (χ3v) is 3.55. The second-order valence-electron chi connectivity index (χ2n) is 4.80. The van der Waals surface area contributed by atoms with Crippen molar-refractivity contribution < 1.29 is 0 Å². The number of nitriles is 1. The molecule has 0 bridgehead atoms. The Morgan fingerprint density at radius 2 is 2.17 bits per heavy atom. The van der Waals surface area contributed by atoms with E-state index in [2.05, 4.69) is 20.9 Å². The maximum Gasteiger partial charge on any atom is 0.108 e. The van der Waals surface area contributed by atoms with Crippen LogP contribution in [-0.4, -0.2) is 34.5 Å². The molecule has 0 aliphatic carbocycles. The van der Waals surface area contributed by atoms with Crippen LogP contribution in [0.4, 0.5) is 0 Å². The highest BCUT2D eigenvalue weighted by molar-refractivity contribution is 5.81. The molecule has 0 unspecified atom stereocenters. The van der Waals surface area contributed by atoms with Crippen LogP contribution in [0.2, 0.25) is 0 Å². The van der Waals surface area contributed by atoms with E-state index < -0.39 is 0 Å². The number of aromatic nitrogens is 2. The van der Waals surface area contributed by atoms with Gasteiger partial charge in [-0.1, -0.05) is 6.07 Å². The van der Waals surface area contributed by atoms with Crippen LogP contribution in [0.3, 0.4) is 0 Å². The molecule has 0 radical (unpaired) electrons. The van der Waals surface area contributed by atoms with Crippen LogP contribution in [0.25, 0.3) is 11.0 Å². The van der Waals surface area contributed by atoms with Gasteiger partial charge in [-0.15, -0.1) is 0 Å². The van der Waals surface area contributed by atoms with Crippen LogP contribution in [0, 0.1) is 11.3 Å². The Morgan fingerprint density at radius 1 is 1.33 bits per heavy atom. The molecule has 0 saturated carbocycles. The Labute approximate surface area is 106 Å². The van der Waals surface area contributed by atoms with Crippen LogP contribution in [0.5, 0.6) is 0 Å². The second kappa shape index (κ2) is 4.79. The predicted molar refractivity (Wildman–Crippen MR) is 70.2 cm³/mol. The lowest BCUT2D eigenvalue weighted by atomic mass is 10.2. The number of aromatic amines is 1. The number of fused-ring (bicyclic) bond motifs is 1. The van der Waals surface area contributed by atoms with Gasteiger partial charge in [-0.25, -0.2) is 4.98 Å². The van der Waals surface area contributed by atoms with Gasteiger partial charge in [0.2, 0.25) is 0 Å². The number of hydrogen-bond acceptors (Lipinski definition) is 3. The Bertz CT molecular complexity index is 587. The highest BCUT2D eigenvalue weighted by atomic mass is 15.1. The normalized spacial score (nSPS) is 16.2. The summed E-state index contributed by atoms with van der Waals surface area (Å²) >= 11 is 0. The van der Waals surface area contributed by atoms with E-state index in [0.717, 1.165) is 29.8 Å². The lowest BCUT2D eigenvalue weighted by Gasteiger charge is -2.12. The average molecular weight is 240 g/mol. The van der Waals surface area contributed by atoms with E-state index in [1.54, 1.807) is 0 Å². The minimum Gasteiger partial charge on any atom is -0.342 e. The molecular weight excluding hydrogens is 224 g/mol. The molecule has 1 N–H and O–H groups in total. The molecule has 2 heterocycles. The molecule has 1 fully saturated rings. The number of nitrogens with one attached hydrogen (secondary N) is 1. The number of hydrogen-bond donors (Lipinski definition) is 1. The van der Waals surface area contributed by atoms with Crippen LogP contribution in [-0.2, 0) is 6.42 Å². The lowest BCUT2D eigenvalue weighted by Crippen LogP contribution is -2.22. The van der Waals surface area contributed by atoms with Crippen molar-refractivity contribution in [1.29, 1.82) is 5.26 Å². The fourth-order valence-corrected chi connectivity index (χ4v) is 2.56. The molecule has 0 amide bonds. The zero-order valence-electron chi connectivity index (χ0n) is 10.3. The zero-order chi connectivity index (χ0) is 12.4. The van der Waals surface area contributed by atoms with Crippen molar-refractivity contribution in [2.24, 2.45) is 0 Å². The van der Waals surface area contributed by atoms with Gasteiger partial charge in [0.05, 0.1) is 11.1 Å². The second-order valence-corrected chi connectivity index (χ2v) is 4.80. The van der Waals surface area contributed by atoms with E-state index in [0.29, 0.717) is 5.56 Å². The number of nitrogens with zero attached hydrogens (tertiary/aromatic N) is 3. The summed E-state index contributed by atoms with van der Waals surface area (Å²) in [6, 6.07) is 7.87. The van der Waals surface area contributed by atoms with E-state index in [-0.39, 0.29) is 0 Å². The van der Waals surface area contributed by atoms with Crippen molar-refractivity contribution in [3.63, 3.8) is 0 Å². The van der Waals surface area contributed by atoms with Gasteiger partial charge in [0.25, 0.3) is 0 Å². The monoisotopic (exact) mass is 240 g/mol. The summed E-state index contributed by atoms with van der Waals surface area (Å²) in [4.78, 5) is 10.3. The quantitative estimate of drug-likeness (QED) is 0.893. The Balaban J connectivity index is 1.78. The topological polar surface area (TPSA) is 55.7 Å². The van der Waals surface area contributed by atoms with Gasteiger partial charge in [-0.05, 0) is 38.1 Å². The maximum absolute atomic E-state index is 9.04. The van der Waals surface area contributed by atoms with Crippen LogP contribution < -0.4 is 0 Å². The molecule has 1 aromatic carbocycles. The van der Waals surface area contributed by atoms with Crippen molar-refractivity contribution in [2.75, 3.05) is 19.6 Å². The first-order chi connectivity index (χ1) is 8.86. The third kappa shape index (κ3) is 2.09. The summed E-state index contributed by atoms with van der Waals surface area (Å²) in [5.74, 6) is 0.986. The number of para-hydroxylation sites is 1. The number of likely N-dealkylation sites (tertiary alicyclic amines) is 1. The summed E-state index contributed by atoms with van der Waals surface area (Å²) in [6.45, 7) is 3.48. The van der Waals surface area contributed by atoms with E-state index in [9.17, 15) is 0 Å². The summed E-state index contributed by atoms with van der Waals surface area (Å²) in [5.41, 5.74) is 2.41. The van der Waals surface area contributed by atoms with Crippen molar-refractivity contribution in [2.45, 2.75) is 19.3 Å². The highest BCUT2D eigenvalue weighted by Crippen LogP contribution is 2.16. The molecule has 3 rings (SSSR count). The van der Waals surface area contributed by atoms with Crippen molar-refractivity contribution >= 4 is 11.0 Å². The van der Waals surface area contributed by atoms with E-state index in [1.807, 2.05) is 18.2 Å². The fourth-order valence-electron chi connectivity index (χ4n) is 2.56. The summed E-state index contributed by atoms with van der Waals surface area (Å²) < 4.78 is 0. The molecule has 1 aromatic heterocycles. The number of H-pyrrole nitrogens is 1. The van der Waals surface area contributed by atoms with Crippen molar-refractivity contribution in [3.05, 3.63) is 29.6 Å².